The molecule has 0 bridgehead atoms. The van der Waals surface area contributed by atoms with Gasteiger partial charge in [0.25, 0.3) is 17.5 Å². The maximum Gasteiger partial charge on any atom is 0.289 e. The van der Waals surface area contributed by atoms with Gasteiger partial charge in [0.05, 0.1) is 27.7 Å². The smallest absolute Gasteiger partial charge is 0.289 e. The largest absolute Gasteiger partial charge is 0.545 e. The number of fused-ring (bicyclic) bond motifs is 1. The van der Waals surface area contributed by atoms with Gasteiger partial charge in [-0.3, -0.25) is 19.7 Å². The molecule has 0 fully saturated rings. The molecular weight excluding hydrogens is 340 g/mol. The second-order valence-electron chi connectivity index (χ2n) is 4.89. The zero-order valence-corrected chi connectivity index (χ0v) is 12.4. The SMILES string of the molecule is O=C([O-])c1ccc2c(c1)C(=O)N(c1ccc(Cl)c([N+](=O)[O-])c1)C2=O. The number of anilines is 1. The van der Waals surface area contributed by atoms with E-state index in [1.54, 1.807) is 0 Å². The Morgan fingerprint density at radius 2 is 1.71 bits per heavy atom. The van der Waals surface area contributed by atoms with Crippen molar-refractivity contribution in [2.24, 2.45) is 0 Å². The minimum atomic E-state index is -1.49. The van der Waals surface area contributed by atoms with Crippen LogP contribution in [0.1, 0.15) is 31.1 Å². The monoisotopic (exact) mass is 345 g/mol. The van der Waals surface area contributed by atoms with E-state index < -0.39 is 28.4 Å². The number of nitro benzene ring substituents is 1. The minimum absolute atomic E-state index is 0.00241. The molecule has 0 saturated carbocycles. The third-order valence-electron chi connectivity index (χ3n) is 3.51. The fourth-order valence-electron chi connectivity index (χ4n) is 2.38. The zero-order chi connectivity index (χ0) is 17.6. The van der Waals surface area contributed by atoms with Crippen LogP contribution in [0.15, 0.2) is 36.4 Å². The quantitative estimate of drug-likeness (QED) is 0.471. The number of rotatable bonds is 3. The molecule has 0 radical (unpaired) electrons. The van der Waals surface area contributed by atoms with E-state index in [2.05, 4.69) is 0 Å². The van der Waals surface area contributed by atoms with Crippen LogP contribution in [0.2, 0.25) is 5.02 Å². The van der Waals surface area contributed by atoms with Crippen molar-refractivity contribution in [3.8, 4) is 0 Å². The number of carbonyl (C=O) groups excluding carboxylic acids is 3. The number of halogens is 1. The third-order valence-corrected chi connectivity index (χ3v) is 3.83. The highest BCUT2D eigenvalue weighted by molar-refractivity contribution is 6.35. The van der Waals surface area contributed by atoms with Crippen molar-refractivity contribution in [2.45, 2.75) is 0 Å². The first-order valence-electron chi connectivity index (χ1n) is 6.49. The van der Waals surface area contributed by atoms with Crippen molar-refractivity contribution in [1.29, 1.82) is 0 Å². The highest BCUT2D eigenvalue weighted by Gasteiger charge is 2.37. The van der Waals surface area contributed by atoms with Gasteiger partial charge in [-0.2, -0.15) is 0 Å². The first-order chi connectivity index (χ1) is 11.3. The number of nitro groups is 1. The number of hydrogen-bond donors (Lipinski definition) is 0. The lowest BCUT2D eigenvalue weighted by atomic mass is 10.1. The molecule has 2 aromatic carbocycles. The molecule has 1 heterocycles. The first kappa shape index (κ1) is 15.6. The van der Waals surface area contributed by atoms with Crippen LogP contribution in [-0.4, -0.2) is 22.7 Å². The summed E-state index contributed by atoms with van der Waals surface area (Å²) in [6, 6.07) is 6.87. The number of benzene rings is 2. The molecule has 0 N–H and O–H groups in total. The second kappa shape index (κ2) is 5.43. The lowest BCUT2D eigenvalue weighted by Crippen LogP contribution is -2.29. The summed E-state index contributed by atoms with van der Waals surface area (Å²) < 4.78 is 0. The molecule has 24 heavy (non-hydrogen) atoms. The molecule has 2 aromatic rings. The molecule has 1 aliphatic rings. The Hall–Kier alpha value is -3.26. The van der Waals surface area contributed by atoms with Crippen molar-refractivity contribution >= 4 is 40.8 Å². The van der Waals surface area contributed by atoms with E-state index in [0.717, 1.165) is 23.1 Å². The fourth-order valence-corrected chi connectivity index (χ4v) is 2.57. The van der Waals surface area contributed by atoms with Crippen molar-refractivity contribution in [2.75, 3.05) is 4.90 Å². The van der Waals surface area contributed by atoms with Gasteiger partial charge >= 0.3 is 0 Å². The van der Waals surface area contributed by atoms with Crippen LogP contribution in [0.5, 0.6) is 0 Å². The van der Waals surface area contributed by atoms with Crippen molar-refractivity contribution in [1.82, 2.24) is 0 Å². The molecular formula is C15H6ClN2O6-. The van der Waals surface area contributed by atoms with Gasteiger partial charge in [-0.25, -0.2) is 4.90 Å². The normalized spacial score (nSPS) is 13.1. The van der Waals surface area contributed by atoms with Gasteiger partial charge in [0.15, 0.2) is 0 Å². The molecule has 0 spiro atoms. The number of amides is 2. The molecule has 0 atom stereocenters. The van der Waals surface area contributed by atoms with Crippen LogP contribution in [-0.2, 0) is 0 Å². The summed E-state index contributed by atoms with van der Waals surface area (Å²) in [5, 5.41) is 21.7. The Morgan fingerprint density at radius 1 is 1.04 bits per heavy atom. The van der Waals surface area contributed by atoms with Crippen LogP contribution < -0.4 is 10.0 Å². The van der Waals surface area contributed by atoms with E-state index in [9.17, 15) is 29.6 Å². The predicted octanol–water partition coefficient (Wildman–Crippen LogP) is 1.41. The maximum absolute atomic E-state index is 12.4. The van der Waals surface area contributed by atoms with E-state index in [0.29, 0.717) is 0 Å². The van der Waals surface area contributed by atoms with Gasteiger partial charge in [-0.1, -0.05) is 17.7 Å². The molecule has 0 aromatic heterocycles. The molecule has 0 aliphatic carbocycles. The highest BCUT2D eigenvalue weighted by Crippen LogP contribution is 2.34. The molecule has 9 heteroatoms. The molecule has 8 nitrogen and oxygen atoms in total. The molecule has 0 unspecified atom stereocenters. The fraction of sp³-hybridized carbons (Fsp3) is 0. The van der Waals surface area contributed by atoms with E-state index in [-0.39, 0.29) is 27.4 Å². The van der Waals surface area contributed by atoms with Crippen LogP contribution in [0.25, 0.3) is 0 Å². The molecule has 2 amide bonds. The third kappa shape index (κ3) is 2.29. The first-order valence-corrected chi connectivity index (χ1v) is 6.87. The number of imide groups is 1. The summed E-state index contributed by atoms with van der Waals surface area (Å²) in [7, 11) is 0. The average Bonchev–Trinajstić information content (AvgIpc) is 2.79. The number of aromatic carboxylic acids is 1. The zero-order valence-electron chi connectivity index (χ0n) is 11.7. The number of carboxylic acid groups (broad SMARTS) is 1. The van der Waals surface area contributed by atoms with Gasteiger partial charge in [0.2, 0.25) is 0 Å². The molecule has 3 rings (SSSR count). The predicted molar refractivity (Wildman–Crippen MR) is 80.0 cm³/mol. The van der Waals surface area contributed by atoms with Gasteiger partial charge in [-0.15, -0.1) is 0 Å². The molecule has 1 aliphatic heterocycles. The lowest BCUT2D eigenvalue weighted by molar-refractivity contribution is -0.384. The molecule has 0 saturated heterocycles. The topological polar surface area (TPSA) is 121 Å². The van der Waals surface area contributed by atoms with Crippen molar-refractivity contribution < 1.29 is 24.4 Å². The highest BCUT2D eigenvalue weighted by atomic mass is 35.5. The summed E-state index contributed by atoms with van der Waals surface area (Å²) in [4.78, 5) is 46.7. The Labute approximate surface area is 139 Å². The Balaban J connectivity index is 2.10. The second-order valence-corrected chi connectivity index (χ2v) is 5.29. The Morgan fingerprint density at radius 3 is 2.33 bits per heavy atom. The van der Waals surface area contributed by atoms with Gasteiger partial charge in [0, 0.05) is 6.07 Å². The number of carbonyl (C=O) groups is 3. The summed E-state index contributed by atoms with van der Waals surface area (Å²) >= 11 is 5.71. The molecule has 120 valence electrons. The van der Waals surface area contributed by atoms with E-state index >= 15 is 0 Å². The summed E-state index contributed by atoms with van der Waals surface area (Å²) in [5.74, 6) is -2.98. The van der Waals surface area contributed by atoms with E-state index in [1.165, 1.54) is 18.2 Å². The van der Waals surface area contributed by atoms with Crippen LogP contribution >= 0.6 is 11.6 Å². The van der Waals surface area contributed by atoms with Gasteiger partial charge in [-0.05, 0) is 29.8 Å². The number of nitrogens with zero attached hydrogens (tertiary/aromatic N) is 2. The average molecular weight is 346 g/mol. The van der Waals surface area contributed by atoms with Crippen molar-refractivity contribution in [3.63, 3.8) is 0 Å². The van der Waals surface area contributed by atoms with E-state index in [1.807, 2.05) is 0 Å². The van der Waals surface area contributed by atoms with Crippen LogP contribution in [0.4, 0.5) is 11.4 Å². The van der Waals surface area contributed by atoms with Crippen LogP contribution in [0, 0.1) is 10.1 Å². The van der Waals surface area contributed by atoms with E-state index in [4.69, 9.17) is 11.6 Å². The van der Waals surface area contributed by atoms with Gasteiger partial charge < -0.3 is 9.90 Å². The summed E-state index contributed by atoms with van der Waals surface area (Å²) in [6.07, 6.45) is 0. The number of carboxylic acids is 1. The lowest BCUT2D eigenvalue weighted by Gasteiger charge is -2.13. The Bertz CT molecular complexity index is 940. The Kier molecular flexibility index (Phi) is 3.53. The number of hydrogen-bond acceptors (Lipinski definition) is 6. The summed E-state index contributed by atoms with van der Waals surface area (Å²) in [5.41, 5.74) is -0.853. The van der Waals surface area contributed by atoms with Crippen molar-refractivity contribution in [3.05, 3.63) is 68.2 Å². The minimum Gasteiger partial charge on any atom is -0.545 e. The van der Waals surface area contributed by atoms with Crippen LogP contribution in [0.3, 0.4) is 0 Å². The van der Waals surface area contributed by atoms with Gasteiger partial charge in [0.1, 0.15) is 5.02 Å². The maximum atomic E-state index is 12.4. The standard InChI is InChI=1S/C15H7ClN2O6/c16-11-4-2-8(6-12(11)18(23)24)17-13(19)9-3-1-7(15(21)22)5-10(9)14(17)20/h1-6H,(H,21,22)/p-1. The summed E-state index contributed by atoms with van der Waals surface area (Å²) in [6.45, 7) is 0.